The number of aryl methyl sites for hydroxylation is 1. The molecule has 3 heterocycles. The maximum absolute atomic E-state index is 5.85. The number of hydrogen-bond acceptors (Lipinski definition) is 4. The Kier molecular flexibility index (Phi) is 2.12. The predicted molar refractivity (Wildman–Crippen MR) is 73.3 cm³/mol. The molecule has 1 aliphatic heterocycles. The van der Waals surface area contributed by atoms with Gasteiger partial charge in [0.2, 0.25) is 5.89 Å². The van der Waals surface area contributed by atoms with Gasteiger partial charge in [0.1, 0.15) is 0 Å². The molecule has 4 heteroatoms. The normalized spacial score (nSPS) is 17.4. The van der Waals surface area contributed by atoms with Crippen LogP contribution >= 0.6 is 0 Å². The van der Waals surface area contributed by atoms with Crippen molar-refractivity contribution in [1.82, 2.24) is 9.97 Å². The molecular weight excluding hydrogens is 238 g/mol. The Labute approximate surface area is 110 Å². The highest BCUT2D eigenvalue weighted by molar-refractivity contribution is 5.68. The second-order valence-corrected chi connectivity index (χ2v) is 4.85. The average Bonchev–Trinajstić information content (AvgIpc) is 3.00. The molecular formula is C15H13N3O. The number of nitrogens with zero attached hydrogens (tertiary/aromatic N) is 2. The molecule has 0 saturated carbocycles. The molecule has 1 N–H and O–H groups in total. The Morgan fingerprint density at radius 1 is 1.16 bits per heavy atom. The summed E-state index contributed by atoms with van der Waals surface area (Å²) in [4.78, 5) is 8.94. The standard InChI is InChI=1S/C15H13N3O/c1-9-6-7-13-14(17-9)18-15(19-13)11-8-16-12-5-3-2-4-10(11)12/h2-7,11,16H,8H2,1H3. The van der Waals surface area contributed by atoms with Crippen LogP contribution in [0.2, 0.25) is 0 Å². The number of benzene rings is 1. The Morgan fingerprint density at radius 2 is 2.05 bits per heavy atom. The van der Waals surface area contributed by atoms with E-state index in [2.05, 4.69) is 27.4 Å². The largest absolute Gasteiger partial charge is 0.438 e. The number of fused-ring (bicyclic) bond motifs is 2. The molecule has 19 heavy (non-hydrogen) atoms. The minimum absolute atomic E-state index is 0.172. The summed E-state index contributed by atoms with van der Waals surface area (Å²) in [5.74, 6) is 0.913. The first-order valence-corrected chi connectivity index (χ1v) is 6.38. The Bertz CT molecular complexity index is 763. The molecule has 1 unspecified atom stereocenters. The Hall–Kier alpha value is -2.36. The van der Waals surface area contributed by atoms with E-state index < -0.39 is 0 Å². The lowest BCUT2D eigenvalue weighted by atomic mass is 10.0. The van der Waals surface area contributed by atoms with Gasteiger partial charge < -0.3 is 9.73 Å². The highest BCUT2D eigenvalue weighted by atomic mass is 16.3. The first-order valence-electron chi connectivity index (χ1n) is 6.38. The molecule has 4 nitrogen and oxygen atoms in total. The highest BCUT2D eigenvalue weighted by Gasteiger charge is 2.27. The van der Waals surface area contributed by atoms with Crippen molar-refractivity contribution in [3.63, 3.8) is 0 Å². The SMILES string of the molecule is Cc1ccc2oc(C3CNc4ccccc43)nc2n1. The lowest BCUT2D eigenvalue weighted by Crippen LogP contribution is -2.03. The highest BCUT2D eigenvalue weighted by Crippen LogP contribution is 2.36. The van der Waals surface area contributed by atoms with Gasteiger partial charge in [-0.05, 0) is 30.7 Å². The molecule has 0 saturated heterocycles. The van der Waals surface area contributed by atoms with E-state index in [1.165, 1.54) is 11.3 Å². The summed E-state index contributed by atoms with van der Waals surface area (Å²) in [6.45, 7) is 2.78. The number of oxazole rings is 1. The van der Waals surface area contributed by atoms with Crippen molar-refractivity contribution in [3.05, 3.63) is 53.5 Å². The second kappa shape index (κ2) is 3.82. The molecule has 0 fully saturated rings. The fourth-order valence-corrected chi connectivity index (χ4v) is 2.58. The van der Waals surface area contributed by atoms with Crippen LogP contribution in [0.5, 0.6) is 0 Å². The molecule has 1 aliphatic rings. The topological polar surface area (TPSA) is 51.0 Å². The van der Waals surface area contributed by atoms with E-state index in [1.54, 1.807) is 0 Å². The third kappa shape index (κ3) is 1.60. The van der Waals surface area contributed by atoms with Crippen LogP contribution in [-0.2, 0) is 0 Å². The van der Waals surface area contributed by atoms with Gasteiger partial charge in [0.05, 0.1) is 5.92 Å². The van der Waals surface area contributed by atoms with Crippen molar-refractivity contribution in [3.8, 4) is 0 Å². The second-order valence-electron chi connectivity index (χ2n) is 4.85. The molecule has 1 atom stereocenters. The molecule has 4 rings (SSSR count). The van der Waals surface area contributed by atoms with Crippen molar-refractivity contribution in [1.29, 1.82) is 0 Å². The van der Waals surface area contributed by atoms with Crippen LogP contribution in [0.25, 0.3) is 11.2 Å². The van der Waals surface area contributed by atoms with Gasteiger partial charge in [0, 0.05) is 17.9 Å². The van der Waals surface area contributed by atoms with Gasteiger partial charge in [-0.25, -0.2) is 4.98 Å². The summed E-state index contributed by atoms with van der Waals surface area (Å²) in [6.07, 6.45) is 0. The monoisotopic (exact) mass is 251 g/mol. The maximum atomic E-state index is 5.85. The van der Waals surface area contributed by atoms with E-state index >= 15 is 0 Å². The zero-order valence-electron chi connectivity index (χ0n) is 10.6. The van der Waals surface area contributed by atoms with Crippen molar-refractivity contribution in [2.24, 2.45) is 0 Å². The summed E-state index contributed by atoms with van der Waals surface area (Å²) in [5.41, 5.74) is 4.81. The quantitative estimate of drug-likeness (QED) is 0.722. The summed E-state index contributed by atoms with van der Waals surface area (Å²) in [6, 6.07) is 12.2. The number of anilines is 1. The minimum Gasteiger partial charge on any atom is -0.438 e. The smallest absolute Gasteiger partial charge is 0.206 e. The number of nitrogens with one attached hydrogen (secondary N) is 1. The number of rotatable bonds is 1. The third-order valence-corrected chi connectivity index (χ3v) is 3.54. The Morgan fingerprint density at radius 3 is 3.00 bits per heavy atom. The summed E-state index contributed by atoms with van der Waals surface area (Å²) >= 11 is 0. The van der Waals surface area contributed by atoms with Gasteiger partial charge in [-0.1, -0.05) is 18.2 Å². The van der Waals surface area contributed by atoms with Crippen molar-refractivity contribution in [2.45, 2.75) is 12.8 Å². The molecule has 94 valence electrons. The van der Waals surface area contributed by atoms with Crippen molar-refractivity contribution in [2.75, 3.05) is 11.9 Å². The van der Waals surface area contributed by atoms with Gasteiger partial charge in [-0.15, -0.1) is 0 Å². The van der Waals surface area contributed by atoms with Gasteiger partial charge in [0.15, 0.2) is 11.2 Å². The summed E-state index contributed by atoms with van der Waals surface area (Å²) in [5, 5.41) is 3.38. The third-order valence-electron chi connectivity index (χ3n) is 3.54. The predicted octanol–water partition coefficient (Wildman–Crippen LogP) is 3.09. The fraction of sp³-hybridized carbons (Fsp3) is 0.200. The zero-order chi connectivity index (χ0) is 12.8. The van der Waals surface area contributed by atoms with Crippen LogP contribution < -0.4 is 5.32 Å². The molecule has 0 radical (unpaired) electrons. The molecule has 3 aromatic rings. The van der Waals surface area contributed by atoms with Gasteiger partial charge in [0.25, 0.3) is 0 Å². The molecule has 0 spiro atoms. The van der Waals surface area contributed by atoms with E-state index in [9.17, 15) is 0 Å². The fourth-order valence-electron chi connectivity index (χ4n) is 2.58. The maximum Gasteiger partial charge on any atom is 0.206 e. The lowest BCUT2D eigenvalue weighted by Gasteiger charge is -2.03. The van der Waals surface area contributed by atoms with Crippen LogP contribution in [0, 0.1) is 6.92 Å². The molecule has 0 aliphatic carbocycles. The van der Waals surface area contributed by atoms with Gasteiger partial charge in [-0.2, -0.15) is 4.98 Å². The zero-order valence-corrected chi connectivity index (χ0v) is 10.6. The molecule has 1 aromatic carbocycles. The van der Waals surface area contributed by atoms with Crippen molar-refractivity contribution < 1.29 is 4.42 Å². The van der Waals surface area contributed by atoms with Crippen LogP contribution in [0.1, 0.15) is 23.1 Å². The van der Waals surface area contributed by atoms with Crippen molar-refractivity contribution >= 4 is 16.9 Å². The molecule has 0 amide bonds. The first-order chi connectivity index (χ1) is 9.31. The summed E-state index contributed by atoms with van der Waals surface area (Å²) in [7, 11) is 0. The number of hydrogen-bond donors (Lipinski definition) is 1. The summed E-state index contributed by atoms with van der Waals surface area (Å²) < 4.78 is 5.85. The van der Waals surface area contributed by atoms with Gasteiger partial charge in [-0.3, -0.25) is 0 Å². The number of pyridine rings is 1. The Balaban J connectivity index is 1.83. The van der Waals surface area contributed by atoms with E-state index in [0.29, 0.717) is 5.65 Å². The van der Waals surface area contributed by atoms with E-state index in [-0.39, 0.29) is 5.92 Å². The van der Waals surface area contributed by atoms with Gasteiger partial charge >= 0.3 is 0 Å². The molecule has 0 bridgehead atoms. The van der Waals surface area contributed by atoms with E-state index in [0.717, 1.165) is 23.7 Å². The van der Waals surface area contributed by atoms with E-state index in [4.69, 9.17) is 4.42 Å². The van der Waals surface area contributed by atoms with Crippen LogP contribution in [0.15, 0.2) is 40.8 Å². The molecule has 2 aromatic heterocycles. The minimum atomic E-state index is 0.172. The lowest BCUT2D eigenvalue weighted by molar-refractivity contribution is 0.512. The van der Waals surface area contributed by atoms with E-state index in [1.807, 2.05) is 31.2 Å². The van der Waals surface area contributed by atoms with Crippen LogP contribution in [0.3, 0.4) is 0 Å². The number of para-hydroxylation sites is 1. The van der Waals surface area contributed by atoms with Crippen LogP contribution in [-0.4, -0.2) is 16.5 Å². The van der Waals surface area contributed by atoms with Crippen LogP contribution in [0.4, 0.5) is 5.69 Å². The first kappa shape index (κ1) is 10.6. The average molecular weight is 251 g/mol. The number of aromatic nitrogens is 2.